The highest BCUT2D eigenvalue weighted by molar-refractivity contribution is 7.19. The molecule has 1 saturated heterocycles. The molecule has 0 aliphatic carbocycles. The Bertz CT molecular complexity index is 948. The van der Waals surface area contributed by atoms with Crippen LogP contribution in [0.5, 0.6) is 0 Å². The van der Waals surface area contributed by atoms with Crippen molar-refractivity contribution in [2.45, 2.75) is 46.5 Å². The van der Waals surface area contributed by atoms with Crippen LogP contribution < -0.4 is 4.90 Å². The summed E-state index contributed by atoms with van der Waals surface area (Å²) in [5.41, 5.74) is 3.92. The van der Waals surface area contributed by atoms with E-state index in [0.717, 1.165) is 36.6 Å². The van der Waals surface area contributed by atoms with E-state index in [9.17, 15) is 0 Å². The van der Waals surface area contributed by atoms with Gasteiger partial charge in [-0.15, -0.1) is 11.3 Å². The highest BCUT2D eigenvalue weighted by atomic mass is 35.5. The number of nitrogens with zero attached hydrogens (tertiary/aromatic N) is 3. The number of rotatable bonds is 4. The van der Waals surface area contributed by atoms with E-state index in [1.54, 1.807) is 11.3 Å². The molecule has 3 heterocycles. The Morgan fingerprint density at radius 1 is 1.15 bits per heavy atom. The van der Waals surface area contributed by atoms with Crippen molar-refractivity contribution in [1.29, 1.82) is 0 Å². The van der Waals surface area contributed by atoms with Crippen LogP contribution in [0.2, 0.25) is 5.28 Å². The van der Waals surface area contributed by atoms with Crippen LogP contribution >= 0.6 is 22.9 Å². The molecule has 4 rings (SSSR count). The molecule has 1 atom stereocenters. The van der Waals surface area contributed by atoms with E-state index in [4.69, 9.17) is 16.6 Å². The van der Waals surface area contributed by atoms with Crippen molar-refractivity contribution in [2.75, 3.05) is 18.0 Å². The Morgan fingerprint density at radius 2 is 1.93 bits per heavy atom. The summed E-state index contributed by atoms with van der Waals surface area (Å²) in [7, 11) is 0. The van der Waals surface area contributed by atoms with Gasteiger partial charge in [0, 0.05) is 23.5 Å². The van der Waals surface area contributed by atoms with E-state index in [0.29, 0.717) is 11.2 Å². The number of anilines is 1. The normalized spacial score (nSPS) is 17.6. The van der Waals surface area contributed by atoms with E-state index >= 15 is 0 Å². The summed E-state index contributed by atoms with van der Waals surface area (Å²) < 4.78 is 0. The molecular formula is C22H26ClN3S. The zero-order valence-corrected chi connectivity index (χ0v) is 17.8. The maximum Gasteiger partial charge on any atom is 0.225 e. The average molecular weight is 400 g/mol. The van der Waals surface area contributed by atoms with E-state index in [-0.39, 0.29) is 0 Å². The molecule has 0 radical (unpaired) electrons. The lowest BCUT2D eigenvalue weighted by Crippen LogP contribution is -2.35. The lowest BCUT2D eigenvalue weighted by molar-refractivity contribution is 0.445. The van der Waals surface area contributed by atoms with Crippen LogP contribution in [-0.4, -0.2) is 23.1 Å². The Kier molecular flexibility index (Phi) is 5.38. The molecule has 3 aromatic rings. The number of aryl methyl sites for hydroxylation is 2. The summed E-state index contributed by atoms with van der Waals surface area (Å²) in [6, 6.07) is 8.96. The smallest absolute Gasteiger partial charge is 0.225 e. The Balaban J connectivity index is 1.93. The summed E-state index contributed by atoms with van der Waals surface area (Å²) in [5.74, 6) is 1.70. The van der Waals surface area contributed by atoms with Gasteiger partial charge in [0.05, 0.1) is 5.39 Å². The molecule has 0 bridgehead atoms. The molecule has 3 nitrogen and oxygen atoms in total. The largest absolute Gasteiger partial charge is 0.356 e. The van der Waals surface area contributed by atoms with Gasteiger partial charge >= 0.3 is 0 Å². The van der Waals surface area contributed by atoms with Crippen LogP contribution in [0.4, 0.5) is 5.82 Å². The molecule has 142 valence electrons. The van der Waals surface area contributed by atoms with Gasteiger partial charge in [0.25, 0.3) is 0 Å². The fourth-order valence-electron chi connectivity index (χ4n) is 4.08. The maximum absolute atomic E-state index is 6.33. The highest BCUT2D eigenvalue weighted by Gasteiger charge is 2.25. The zero-order valence-electron chi connectivity index (χ0n) is 16.3. The van der Waals surface area contributed by atoms with Gasteiger partial charge < -0.3 is 4.90 Å². The van der Waals surface area contributed by atoms with E-state index in [2.05, 4.69) is 54.9 Å². The van der Waals surface area contributed by atoms with Crippen molar-refractivity contribution in [3.05, 3.63) is 40.0 Å². The first kappa shape index (κ1) is 18.7. The molecule has 0 amide bonds. The SMILES string of the molecule is CCc1ccc(-c2c(CC)sc3nc(Cl)nc(N4CCCC(C)C4)c23)cc1. The van der Waals surface area contributed by atoms with Gasteiger partial charge in [0.15, 0.2) is 0 Å². The first-order chi connectivity index (χ1) is 13.1. The van der Waals surface area contributed by atoms with Gasteiger partial charge in [-0.1, -0.05) is 45.0 Å². The first-order valence-electron chi connectivity index (χ1n) is 9.93. The van der Waals surface area contributed by atoms with Crippen LogP contribution in [0, 0.1) is 5.92 Å². The predicted octanol–water partition coefficient (Wildman–Crippen LogP) is 6.37. The Labute approximate surface area is 170 Å². The minimum Gasteiger partial charge on any atom is -0.356 e. The molecular weight excluding hydrogens is 374 g/mol. The molecule has 1 aliphatic heterocycles. The monoisotopic (exact) mass is 399 g/mol. The standard InChI is InChI=1S/C22H26ClN3S/c1-4-15-8-10-16(11-9-15)18-17(5-2)27-21-19(18)20(24-22(23)25-21)26-12-6-7-14(3)13-26/h8-11,14H,4-7,12-13H2,1-3H3. The van der Waals surface area contributed by atoms with Crippen molar-refractivity contribution in [1.82, 2.24) is 9.97 Å². The van der Waals surface area contributed by atoms with Crippen molar-refractivity contribution >= 4 is 39.0 Å². The number of thiophene rings is 1. The topological polar surface area (TPSA) is 29.0 Å². The Hall–Kier alpha value is -1.65. The average Bonchev–Trinajstić information content (AvgIpc) is 3.05. The molecule has 5 heteroatoms. The van der Waals surface area contributed by atoms with Crippen LogP contribution in [0.1, 0.15) is 44.1 Å². The summed E-state index contributed by atoms with van der Waals surface area (Å²) in [6.07, 6.45) is 4.53. The predicted molar refractivity (Wildman–Crippen MR) is 117 cm³/mol. The summed E-state index contributed by atoms with van der Waals surface area (Å²) in [6.45, 7) is 8.80. The highest BCUT2D eigenvalue weighted by Crippen LogP contribution is 2.43. The van der Waals surface area contributed by atoms with Gasteiger partial charge in [-0.2, -0.15) is 4.98 Å². The third-order valence-corrected chi connectivity index (χ3v) is 6.90. The second kappa shape index (κ2) is 7.76. The minimum absolute atomic E-state index is 0.354. The number of piperidine rings is 1. The maximum atomic E-state index is 6.33. The molecule has 0 N–H and O–H groups in total. The third kappa shape index (κ3) is 3.57. The second-order valence-corrected chi connectivity index (χ2v) is 8.92. The third-order valence-electron chi connectivity index (χ3n) is 5.51. The molecule has 0 saturated carbocycles. The molecule has 0 spiro atoms. The van der Waals surface area contributed by atoms with E-state index in [1.807, 2.05) is 0 Å². The summed E-state index contributed by atoms with van der Waals surface area (Å²) in [5, 5.41) is 1.53. The number of halogens is 1. The van der Waals surface area contributed by atoms with E-state index in [1.165, 1.54) is 39.8 Å². The van der Waals surface area contributed by atoms with Gasteiger partial charge in [0.2, 0.25) is 5.28 Å². The summed E-state index contributed by atoms with van der Waals surface area (Å²) in [4.78, 5) is 14.1. The van der Waals surface area contributed by atoms with Crippen molar-refractivity contribution in [2.24, 2.45) is 5.92 Å². The van der Waals surface area contributed by atoms with Crippen LogP contribution in [0.25, 0.3) is 21.3 Å². The Morgan fingerprint density at radius 3 is 2.59 bits per heavy atom. The van der Waals surface area contributed by atoms with Gasteiger partial charge in [-0.25, -0.2) is 4.98 Å². The van der Waals surface area contributed by atoms with Crippen LogP contribution in [0.15, 0.2) is 24.3 Å². The van der Waals surface area contributed by atoms with E-state index < -0.39 is 0 Å². The second-order valence-electron chi connectivity index (χ2n) is 7.49. The number of aromatic nitrogens is 2. The molecule has 1 aromatic carbocycles. The van der Waals surface area contributed by atoms with Crippen LogP contribution in [0.3, 0.4) is 0 Å². The number of benzene rings is 1. The molecule has 1 fully saturated rings. The molecule has 1 unspecified atom stereocenters. The fraction of sp³-hybridized carbons (Fsp3) is 0.455. The quantitative estimate of drug-likeness (QED) is 0.477. The summed E-state index contributed by atoms with van der Waals surface area (Å²) >= 11 is 8.09. The van der Waals surface area contributed by atoms with Gasteiger partial charge in [0.1, 0.15) is 10.6 Å². The molecule has 27 heavy (non-hydrogen) atoms. The lowest BCUT2D eigenvalue weighted by atomic mass is 9.98. The minimum atomic E-state index is 0.354. The lowest BCUT2D eigenvalue weighted by Gasteiger charge is -2.32. The zero-order chi connectivity index (χ0) is 19.0. The number of hydrogen-bond acceptors (Lipinski definition) is 4. The van der Waals surface area contributed by atoms with Crippen molar-refractivity contribution in [3.63, 3.8) is 0 Å². The first-order valence-corrected chi connectivity index (χ1v) is 11.1. The van der Waals surface area contributed by atoms with Crippen molar-refractivity contribution < 1.29 is 0 Å². The van der Waals surface area contributed by atoms with Gasteiger partial charge in [-0.05, 0) is 54.3 Å². The molecule has 1 aliphatic rings. The number of fused-ring (bicyclic) bond motifs is 1. The van der Waals surface area contributed by atoms with Crippen molar-refractivity contribution in [3.8, 4) is 11.1 Å². The number of hydrogen-bond donors (Lipinski definition) is 0. The van der Waals surface area contributed by atoms with Gasteiger partial charge in [-0.3, -0.25) is 0 Å². The van der Waals surface area contributed by atoms with Crippen LogP contribution in [-0.2, 0) is 12.8 Å². The molecule has 2 aromatic heterocycles. The fourth-order valence-corrected chi connectivity index (χ4v) is 5.42.